The van der Waals surface area contributed by atoms with Crippen molar-refractivity contribution in [3.8, 4) is 0 Å². The Morgan fingerprint density at radius 1 is 1.18 bits per heavy atom. The molecule has 154 valence electrons. The topological polar surface area (TPSA) is 80.7 Å². The zero-order valence-corrected chi connectivity index (χ0v) is 17.2. The van der Waals surface area contributed by atoms with Gasteiger partial charge in [0, 0.05) is 19.3 Å². The molecule has 5 heteroatoms. The highest BCUT2D eigenvalue weighted by Gasteiger charge is 2.61. The third-order valence-corrected chi connectivity index (χ3v) is 8.81. The molecule has 3 saturated carbocycles. The van der Waals surface area contributed by atoms with Gasteiger partial charge in [-0.3, -0.25) is 14.4 Å². The van der Waals surface area contributed by atoms with Crippen LogP contribution in [0.15, 0.2) is 11.6 Å². The van der Waals surface area contributed by atoms with E-state index in [1.807, 2.05) is 0 Å². The molecule has 7 atom stereocenters. The van der Waals surface area contributed by atoms with Gasteiger partial charge in [0.25, 0.3) is 0 Å². The van der Waals surface area contributed by atoms with Crippen LogP contribution in [0.25, 0.3) is 0 Å². The summed E-state index contributed by atoms with van der Waals surface area (Å²) in [7, 11) is 0. The SMILES string of the molecule is CC(=O)O[C@H]1C[C@@H]2[C@H]3CC[C@@H](C(=O)CO)[C@@]3(C)CC[C@H]2[C@@]2(C)CCC(=O)C=C12. The molecule has 0 heterocycles. The summed E-state index contributed by atoms with van der Waals surface area (Å²) in [4.78, 5) is 36.4. The van der Waals surface area contributed by atoms with Crippen molar-refractivity contribution in [1.29, 1.82) is 0 Å². The molecule has 4 aliphatic carbocycles. The first-order valence-corrected chi connectivity index (χ1v) is 10.8. The van der Waals surface area contributed by atoms with Gasteiger partial charge in [0.15, 0.2) is 11.6 Å². The van der Waals surface area contributed by atoms with E-state index in [2.05, 4.69) is 13.8 Å². The Kier molecular flexibility index (Phi) is 4.80. The quantitative estimate of drug-likeness (QED) is 0.751. The number of fused-ring (bicyclic) bond motifs is 5. The van der Waals surface area contributed by atoms with Crippen molar-refractivity contribution in [3.63, 3.8) is 0 Å². The van der Waals surface area contributed by atoms with Crippen LogP contribution in [0.4, 0.5) is 0 Å². The number of hydrogen-bond donors (Lipinski definition) is 1. The Morgan fingerprint density at radius 3 is 2.61 bits per heavy atom. The fraction of sp³-hybridized carbons (Fsp3) is 0.783. The van der Waals surface area contributed by atoms with Gasteiger partial charge in [-0.15, -0.1) is 0 Å². The second kappa shape index (κ2) is 6.79. The number of aliphatic hydroxyl groups is 1. The maximum absolute atomic E-state index is 12.4. The van der Waals surface area contributed by atoms with Crippen LogP contribution in [0.2, 0.25) is 0 Å². The molecule has 0 aromatic heterocycles. The van der Waals surface area contributed by atoms with Crippen molar-refractivity contribution in [2.45, 2.75) is 71.8 Å². The smallest absolute Gasteiger partial charge is 0.303 e. The minimum atomic E-state index is -0.371. The summed E-state index contributed by atoms with van der Waals surface area (Å²) >= 11 is 0. The highest BCUT2D eigenvalue weighted by molar-refractivity contribution is 5.92. The zero-order valence-electron chi connectivity index (χ0n) is 17.2. The van der Waals surface area contributed by atoms with Gasteiger partial charge in [0.05, 0.1) is 0 Å². The number of aliphatic hydroxyl groups excluding tert-OH is 1. The van der Waals surface area contributed by atoms with Crippen LogP contribution >= 0.6 is 0 Å². The molecule has 0 radical (unpaired) electrons. The maximum atomic E-state index is 12.4. The highest BCUT2D eigenvalue weighted by atomic mass is 16.5. The van der Waals surface area contributed by atoms with E-state index in [9.17, 15) is 19.5 Å². The fourth-order valence-corrected chi connectivity index (χ4v) is 7.53. The number of ketones is 2. The summed E-state index contributed by atoms with van der Waals surface area (Å²) in [5.74, 6) is 0.996. The Bertz CT molecular complexity index is 739. The molecular formula is C23H32O5. The second-order valence-corrected chi connectivity index (χ2v) is 9.99. The fourth-order valence-electron chi connectivity index (χ4n) is 7.53. The third-order valence-electron chi connectivity index (χ3n) is 8.81. The highest BCUT2D eigenvalue weighted by Crippen LogP contribution is 2.66. The molecule has 3 fully saturated rings. The normalized spacial score (nSPS) is 44.8. The standard InChI is InChI=1S/C23H32O5/c1-13(25)28-21-11-15-16-4-5-18(20(27)12-24)22(16,2)9-7-17(15)23(3)8-6-14(26)10-19(21)23/h10,15-18,21,24H,4-9,11-12H2,1-3H3/t15-,16-,17-,18+,21+,22+,23-/m1/s1. The maximum Gasteiger partial charge on any atom is 0.303 e. The van der Waals surface area contributed by atoms with E-state index in [4.69, 9.17) is 4.74 Å². The van der Waals surface area contributed by atoms with Gasteiger partial charge < -0.3 is 9.84 Å². The lowest BCUT2D eigenvalue weighted by atomic mass is 9.46. The van der Waals surface area contributed by atoms with E-state index in [1.54, 1.807) is 6.08 Å². The summed E-state index contributed by atoms with van der Waals surface area (Å²) in [6.07, 6.45) is 7.42. The Labute approximate surface area is 166 Å². The predicted octanol–water partition coefficient (Wildman–Crippen LogP) is 3.24. The number of ether oxygens (including phenoxy) is 1. The summed E-state index contributed by atoms with van der Waals surface area (Å²) in [6.45, 7) is 5.56. The van der Waals surface area contributed by atoms with Crippen molar-refractivity contribution in [2.75, 3.05) is 6.61 Å². The van der Waals surface area contributed by atoms with Crippen LogP contribution in [-0.2, 0) is 19.1 Å². The van der Waals surface area contributed by atoms with E-state index in [1.165, 1.54) is 6.92 Å². The van der Waals surface area contributed by atoms with Gasteiger partial charge in [-0.25, -0.2) is 0 Å². The van der Waals surface area contributed by atoms with E-state index in [0.29, 0.717) is 24.2 Å². The van der Waals surface area contributed by atoms with Gasteiger partial charge in [-0.1, -0.05) is 13.8 Å². The predicted molar refractivity (Wildman–Crippen MR) is 103 cm³/mol. The number of Topliss-reactive ketones (excluding diaryl/α,β-unsaturated/α-hetero) is 1. The molecule has 0 bridgehead atoms. The van der Waals surface area contributed by atoms with E-state index >= 15 is 0 Å². The number of carbonyl (C=O) groups excluding carboxylic acids is 3. The summed E-state index contributed by atoms with van der Waals surface area (Å²) < 4.78 is 5.73. The first kappa shape index (κ1) is 19.8. The number of carbonyl (C=O) groups is 3. The molecular weight excluding hydrogens is 356 g/mol. The van der Waals surface area contributed by atoms with E-state index < -0.39 is 0 Å². The molecule has 4 aliphatic rings. The first-order valence-electron chi connectivity index (χ1n) is 10.8. The molecule has 28 heavy (non-hydrogen) atoms. The van der Waals surface area contributed by atoms with Crippen LogP contribution in [0, 0.1) is 34.5 Å². The Hall–Kier alpha value is -1.49. The largest absolute Gasteiger partial charge is 0.458 e. The van der Waals surface area contributed by atoms with Crippen LogP contribution in [-0.4, -0.2) is 35.4 Å². The van der Waals surface area contributed by atoms with Crippen molar-refractivity contribution in [2.24, 2.45) is 34.5 Å². The molecule has 1 N–H and O–H groups in total. The molecule has 0 spiro atoms. The second-order valence-electron chi connectivity index (χ2n) is 9.99. The van der Waals surface area contributed by atoms with Gasteiger partial charge in [0.1, 0.15) is 12.7 Å². The molecule has 0 aromatic rings. The van der Waals surface area contributed by atoms with Crippen molar-refractivity contribution in [3.05, 3.63) is 11.6 Å². The Balaban J connectivity index is 1.71. The van der Waals surface area contributed by atoms with Crippen molar-refractivity contribution < 1.29 is 24.2 Å². The molecule has 0 aliphatic heterocycles. The average molecular weight is 389 g/mol. The monoisotopic (exact) mass is 388 g/mol. The number of hydrogen-bond acceptors (Lipinski definition) is 5. The summed E-state index contributed by atoms with van der Waals surface area (Å²) in [5.41, 5.74) is 0.825. The third kappa shape index (κ3) is 2.80. The molecule has 4 rings (SSSR count). The van der Waals surface area contributed by atoms with E-state index in [-0.39, 0.29) is 47.0 Å². The average Bonchev–Trinajstić information content (AvgIpc) is 2.99. The lowest BCUT2D eigenvalue weighted by molar-refractivity contribution is -0.153. The van der Waals surface area contributed by atoms with E-state index in [0.717, 1.165) is 44.1 Å². The van der Waals surface area contributed by atoms with Crippen molar-refractivity contribution in [1.82, 2.24) is 0 Å². The molecule has 5 nitrogen and oxygen atoms in total. The minimum Gasteiger partial charge on any atom is -0.458 e. The minimum absolute atomic E-state index is 0.0224. The molecule has 0 unspecified atom stereocenters. The van der Waals surface area contributed by atoms with Gasteiger partial charge in [-0.05, 0) is 78.8 Å². The lowest BCUT2D eigenvalue weighted by Gasteiger charge is -2.59. The van der Waals surface area contributed by atoms with Gasteiger partial charge in [0.2, 0.25) is 0 Å². The van der Waals surface area contributed by atoms with Gasteiger partial charge >= 0.3 is 5.97 Å². The number of esters is 1. The first-order chi connectivity index (χ1) is 13.2. The van der Waals surface area contributed by atoms with Crippen LogP contribution in [0.1, 0.15) is 65.7 Å². The van der Waals surface area contributed by atoms with Crippen LogP contribution in [0.3, 0.4) is 0 Å². The van der Waals surface area contributed by atoms with Crippen LogP contribution in [0.5, 0.6) is 0 Å². The Morgan fingerprint density at radius 2 is 1.93 bits per heavy atom. The lowest BCUT2D eigenvalue weighted by Crippen LogP contribution is -2.55. The molecule has 0 aromatic carbocycles. The number of rotatable bonds is 3. The molecule has 0 saturated heterocycles. The zero-order chi connectivity index (χ0) is 20.3. The van der Waals surface area contributed by atoms with Crippen molar-refractivity contribution >= 4 is 17.5 Å². The summed E-state index contributed by atoms with van der Waals surface area (Å²) in [6, 6.07) is 0. The summed E-state index contributed by atoms with van der Waals surface area (Å²) in [5, 5.41) is 9.45. The van der Waals surface area contributed by atoms with Crippen LogP contribution < -0.4 is 0 Å². The van der Waals surface area contributed by atoms with Gasteiger partial charge in [-0.2, -0.15) is 0 Å². The molecule has 0 amide bonds.